The van der Waals surface area contributed by atoms with Gasteiger partial charge in [-0.3, -0.25) is 4.79 Å². The summed E-state index contributed by atoms with van der Waals surface area (Å²) in [6.45, 7) is 0. The number of carboxylic acid groups (broad SMARTS) is 1. The maximum atomic E-state index is 10.9. The van der Waals surface area contributed by atoms with Crippen molar-refractivity contribution in [3.8, 4) is 11.5 Å². The predicted octanol–water partition coefficient (Wildman–Crippen LogP) is 2.86. The zero-order valence-corrected chi connectivity index (χ0v) is 11.1. The molecular formula is C13H15ClO4. The zero-order valence-electron chi connectivity index (χ0n) is 10.3. The standard InChI is InChI=1S/C13H15ClO4/c1-17-9-4-3-8(11(14)12(9)18-2)13(5-6-13)7-10(15)16/h3-4H,5-7H2,1-2H3,(H,15,16). The van der Waals surface area contributed by atoms with Crippen molar-refractivity contribution in [3.63, 3.8) is 0 Å². The minimum Gasteiger partial charge on any atom is -0.493 e. The molecule has 1 aliphatic rings. The molecule has 98 valence electrons. The largest absolute Gasteiger partial charge is 0.493 e. The lowest BCUT2D eigenvalue weighted by Crippen LogP contribution is -2.14. The Morgan fingerprint density at radius 3 is 2.50 bits per heavy atom. The van der Waals surface area contributed by atoms with Crippen molar-refractivity contribution in [2.24, 2.45) is 0 Å². The molecule has 0 aromatic heterocycles. The summed E-state index contributed by atoms with van der Waals surface area (Å²) in [6.07, 6.45) is 1.78. The third kappa shape index (κ3) is 2.12. The van der Waals surface area contributed by atoms with Crippen molar-refractivity contribution in [1.82, 2.24) is 0 Å². The Kier molecular flexibility index (Phi) is 3.39. The molecule has 4 nitrogen and oxygen atoms in total. The highest BCUT2D eigenvalue weighted by Gasteiger charge is 2.47. The molecule has 0 heterocycles. The summed E-state index contributed by atoms with van der Waals surface area (Å²) in [6, 6.07) is 3.60. The quantitative estimate of drug-likeness (QED) is 0.894. The fourth-order valence-electron chi connectivity index (χ4n) is 2.28. The lowest BCUT2D eigenvalue weighted by Gasteiger charge is -2.18. The minimum atomic E-state index is -0.807. The molecule has 0 radical (unpaired) electrons. The predicted molar refractivity (Wildman–Crippen MR) is 67.7 cm³/mol. The van der Waals surface area contributed by atoms with Crippen LogP contribution in [0.15, 0.2) is 12.1 Å². The van der Waals surface area contributed by atoms with Crippen LogP contribution in [-0.2, 0) is 10.2 Å². The fourth-order valence-corrected chi connectivity index (χ4v) is 2.71. The summed E-state index contributed by atoms with van der Waals surface area (Å²) >= 11 is 6.30. The van der Waals surface area contributed by atoms with E-state index in [0.717, 1.165) is 18.4 Å². The molecule has 1 N–H and O–H groups in total. The smallest absolute Gasteiger partial charge is 0.304 e. The molecule has 1 aliphatic carbocycles. The normalized spacial score (nSPS) is 16.2. The number of aliphatic carboxylic acids is 1. The maximum Gasteiger partial charge on any atom is 0.304 e. The van der Waals surface area contributed by atoms with E-state index in [1.807, 2.05) is 6.07 Å². The second-order valence-electron chi connectivity index (χ2n) is 4.51. The Hall–Kier alpha value is -1.42. The van der Waals surface area contributed by atoms with E-state index in [2.05, 4.69) is 0 Å². The number of rotatable bonds is 5. The van der Waals surface area contributed by atoms with Gasteiger partial charge in [0.25, 0.3) is 0 Å². The highest BCUT2D eigenvalue weighted by Crippen LogP contribution is 2.55. The lowest BCUT2D eigenvalue weighted by molar-refractivity contribution is -0.137. The van der Waals surface area contributed by atoms with Gasteiger partial charge in [-0.1, -0.05) is 17.7 Å². The van der Waals surface area contributed by atoms with Gasteiger partial charge < -0.3 is 14.6 Å². The van der Waals surface area contributed by atoms with Gasteiger partial charge in [0.15, 0.2) is 11.5 Å². The molecule has 0 unspecified atom stereocenters. The second kappa shape index (κ2) is 4.69. The first-order valence-electron chi connectivity index (χ1n) is 5.67. The van der Waals surface area contributed by atoms with Gasteiger partial charge in [-0.2, -0.15) is 0 Å². The van der Waals surface area contributed by atoms with E-state index in [-0.39, 0.29) is 11.8 Å². The molecule has 0 bridgehead atoms. The molecule has 1 fully saturated rings. The third-order valence-corrected chi connectivity index (χ3v) is 3.77. The molecule has 0 amide bonds. The number of carboxylic acids is 1. The van der Waals surface area contributed by atoms with Gasteiger partial charge in [-0.05, 0) is 24.5 Å². The molecule has 0 aliphatic heterocycles. The van der Waals surface area contributed by atoms with Crippen molar-refractivity contribution in [2.45, 2.75) is 24.7 Å². The van der Waals surface area contributed by atoms with Crippen LogP contribution in [0.2, 0.25) is 5.02 Å². The van der Waals surface area contributed by atoms with Crippen LogP contribution in [0.25, 0.3) is 0 Å². The van der Waals surface area contributed by atoms with Crippen molar-refractivity contribution in [3.05, 3.63) is 22.7 Å². The molecule has 5 heteroatoms. The van der Waals surface area contributed by atoms with Crippen LogP contribution >= 0.6 is 11.6 Å². The van der Waals surface area contributed by atoms with E-state index in [4.69, 9.17) is 26.2 Å². The molecule has 0 spiro atoms. The Balaban J connectivity index is 2.44. The monoisotopic (exact) mass is 270 g/mol. The highest BCUT2D eigenvalue weighted by molar-refractivity contribution is 6.33. The first-order valence-corrected chi connectivity index (χ1v) is 6.04. The molecule has 2 rings (SSSR count). The molecular weight excluding hydrogens is 256 g/mol. The van der Waals surface area contributed by atoms with Crippen LogP contribution in [0, 0.1) is 0 Å². The van der Waals surface area contributed by atoms with E-state index in [1.165, 1.54) is 14.2 Å². The maximum absolute atomic E-state index is 10.9. The number of carbonyl (C=O) groups is 1. The average molecular weight is 271 g/mol. The van der Waals surface area contributed by atoms with E-state index >= 15 is 0 Å². The van der Waals surface area contributed by atoms with Crippen LogP contribution in [-0.4, -0.2) is 25.3 Å². The van der Waals surface area contributed by atoms with Crippen LogP contribution in [0.5, 0.6) is 11.5 Å². The third-order valence-electron chi connectivity index (χ3n) is 3.40. The van der Waals surface area contributed by atoms with Crippen LogP contribution in [0.4, 0.5) is 0 Å². The van der Waals surface area contributed by atoms with Crippen molar-refractivity contribution < 1.29 is 19.4 Å². The first kappa shape index (κ1) is 13.0. The molecule has 1 saturated carbocycles. The van der Waals surface area contributed by atoms with Crippen LogP contribution in [0.3, 0.4) is 0 Å². The van der Waals surface area contributed by atoms with Crippen LogP contribution < -0.4 is 9.47 Å². The minimum absolute atomic E-state index is 0.0994. The number of hydrogen-bond acceptors (Lipinski definition) is 3. The van der Waals surface area contributed by atoms with E-state index < -0.39 is 5.97 Å². The SMILES string of the molecule is COc1ccc(C2(CC(=O)O)CC2)c(Cl)c1OC. The van der Waals surface area contributed by atoms with Gasteiger partial charge in [-0.25, -0.2) is 0 Å². The van der Waals surface area contributed by atoms with Crippen molar-refractivity contribution >= 4 is 17.6 Å². The van der Waals surface area contributed by atoms with Crippen LogP contribution in [0.1, 0.15) is 24.8 Å². The second-order valence-corrected chi connectivity index (χ2v) is 4.89. The summed E-state index contributed by atoms with van der Waals surface area (Å²) in [7, 11) is 3.06. The lowest BCUT2D eigenvalue weighted by atomic mass is 9.92. The highest BCUT2D eigenvalue weighted by atomic mass is 35.5. The average Bonchev–Trinajstić information content (AvgIpc) is 3.08. The first-order chi connectivity index (χ1) is 8.54. The van der Waals surface area contributed by atoms with Gasteiger partial charge in [0.2, 0.25) is 0 Å². The van der Waals surface area contributed by atoms with Gasteiger partial charge in [0, 0.05) is 5.41 Å². The Morgan fingerprint density at radius 2 is 2.06 bits per heavy atom. The van der Waals surface area contributed by atoms with E-state index in [0.29, 0.717) is 16.5 Å². The number of methoxy groups -OCH3 is 2. The Labute approximate surface area is 110 Å². The summed E-state index contributed by atoms with van der Waals surface area (Å²) in [5.41, 5.74) is 0.506. The summed E-state index contributed by atoms with van der Waals surface area (Å²) in [5.74, 6) is 0.212. The summed E-state index contributed by atoms with van der Waals surface area (Å²) in [4.78, 5) is 10.9. The van der Waals surface area contributed by atoms with Gasteiger partial charge in [0.1, 0.15) is 0 Å². The summed E-state index contributed by atoms with van der Waals surface area (Å²) < 4.78 is 10.4. The Bertz CT molecular complexity index is 480. The molecule has 1 aromatic carbocycles. The number of benzene rings is 1. The molecule has 18 heavy (non-hydrogen) atoms. The van der Waals surface area contributed by atoms with Crippen molar-refractivity contribution in [2.75, 3.05) is 14.2 Å². The van der Waals surface area contributed by atoms with Gasteiger partial charge >= 0.3 is 5.97 Å². The summed E-state index contributed by atoms with van der Waals surface area (Å²) in [5, 5.41) is 9.42. The molecule has 0 atom stereocenters. The molecule has 0 saturated heterocycles. The number of hydrogen-bond donors (Lipinski definition) is 1. The topological polar surface area (TPSA) is 55.8 Å². The van der Waals surface area contributed by atoms with Gasteiger partial charge in [-0.15, -0.1) is 0 Å². The van der Waals surface area contributed by atoms with Crippen molar-refractivity contribution in [1.29, 1.82) is 0 Å². The van der Waals surface area contributed by atoms with Gasteiger partial charge in [0.05, 0.1) is 25.7 Å². The number of halogens is 1. The molecule has 1 aromatic rings. The van der Waals surface area contributed by atoms with E-state index in [1.54, 1.807) is 6.07 Å². The Morgan fingerprint density at radius 1 is 1.39 bits per heavy atom. The fraction of sp³-hybridized carbons (Fsp3) is 0.462. The zero-order chi connectivity index (χ0) is 13.3. The number of ether oxygens (including phenoxy) is 2. The van der Waals surface area contributed by atoms with E-state index in [9.17, 15) is 4.79 Å².